The van der Waals surface area contributed by atoms with Crippen LogP contribution in [-0.2, 0) is 5.41 Å². The van der Waals surface area contributed by atoms with Crippen molar-refractivity contribution >= 4 is 11.8 Å². The van der Waals surface area contributed by atoms with Crippen molar-refractivity contribution in [2.45, 2.75) is 24.7 Å². The standard InChI is InChI=1S/C12H18N2S/c13-6-5-12(4-1-9-15-10-12)11-2-7-14-8-3-11/h2-3,7-8H,1,4-6,9-10,13H2. The van der Waals surface area contributed by atoms with Gasteiger partial charge in [0.05, 0.1) is 0 Å². The van der Waals surface area contributed by atoms with Crippen LogP contribution in [0.3, 0.4) is 0 Å². The van der Waals surface area contributed by atoms with E-state index in [1.165, 1.54) is 29.9 Å². The van der Waals surface area contributed by atoms with Gasteiger partial charge in [-0.3, -0.25) is 4.98 Å². The summed E-state index contributed by atoms with van der Waals surface area (Å²) < 4.78 is 0. The van der Waals surface area contributed by atoms with Gasteiger partial charge in [-0.25, -0.2) is 0 Å². The van der Waals surface area contributed by atoms with E-state index in [1.54, 1.807) is 0 Å². The van der Waals surface area contributed by atoms with Crippen LogP contribution in [0, 0.1) is 0 Å². The van der Waals surface area contributed by atoms with E-state index in [2.05, 4.69) is 28.9 Å². The molecule has 3 heteroatoms. The lowest BCUT2D eigenvalue weighted by atomic mass is 9.76. The maximum atomic E-state index is 5.76. The molecule has 0 aromatic carbocycles. The highest BCUT2D eigenvalue weighted by atomic mass is 32.2. The van der Waals surface area contributed by atoms with Crippen molar-refractivity contribution in [3.05, 3.63) is 30.1 Å². The lowest BCUT2D eigenvalue weighted by Crippen LogP contribution is -2.34. The minimum Gasteiger partial charge on any atom is -0.330 e. The van der Waals surface area contributed by atoms with Crippen LogP contribution >= 0.6 is 11.8 Å². The van der Waals surface area contributed by atoms with Crippen molar-refractivity contribution in [1.82, 2.24) is 4.98 Å². The summed E-state index contributed by atoms with van der Waals surface area (Å²) in [6.07, 6.45) is 7.48. The fourth-order valence-corrected chi connectivity index (χ4v) is 3.74. The molecule has 1 unspecified atom stereocenters. The van der Waals surface area contributed by atoms with Gasteiger partial charge in [-0.05, 0) is 49.3 Å². The van der Waals surface area contributed by atoms with Crippen LogP contribution in [0.5, 0.6) is 0 Å². The molecule has 1 aliphatic heterocycles. The number of hydrogen-bond donors (Lipinski definition) is 1. The highest BCUT2D eigenvalue weighted by Gasteiger charge is 2.33. The molecule has 82 valence electrons. The quantitative estimate of drug-likeness (QED) is 0.852. The Kier molecular flexibility index (Phi) is 3.65. The lowest BCUT2D eigenvalue weighted by Gasteiger charge is -2.37. The van der Waals surface area contributed by atoms with E-state index < -0.39 is 0 Å². The van der Waals surface area contributed by atoms with Gasteiger partial charge in [-0.1, -0.05) is 0 Å². The van der Waals surface area contributed by atoms with Gasteiger partial charge < -0.3 is 5.73 Å². The first-order chi connectivity index (χ1) is 7.37. The molecule has 1 aromatic heterocycles. The molecular formula is C12H18N2S. The lowest BCUT2D eigenvalue weighted by molar-refractivity contribution is 0.402. The smallest absolute Gasteiger partial charge is 0.0270 e. The van der Waals surface area contributed by atoms with E-state index in [1.807, 2.05) is 12.4 Å². The van der Waals surface area contributed by atoms with Crippen LogP contribution in [0.2, 0.25) is 0 Å². The zero-order chi connectivity index (χ0) is 10.6. The highest BCUT2D eigenvalue weighted by molar-refractivity contribution is 7.99. The van der Waals surface area contributed by atoms with Crippen LogP contribution in [0.4, 0.5) is 0 Å². The van der Waals surface area contributed by atoms with Gasteiger partial charge in [0.1, 0.15) is 0 Å². The number of hydrogen-bond acceptors (Lipinski definition) is 3. The molecule has 1 aromatic rings. The minimum atomic E-state index is 0.320. The highest BCUT2D eigenvalue weighted by Crippen LogP contribution is 2.39. The number of rotatable bonds is 3. The van der Waals surface area contributed by atoms with E-state index in [0.29, 0.717) is 5.41 Å². The molecule has 2 nitrogen and oxygen atoms in total. The molecule has 0 spiro atoms. The molecule has 2 N–H and O–H groups in total. The van der Waals surface area contributed by atoms with Crippen LogP contribution in [0.15, 0.2) is 24.5 Å². The third-order valence-electron chi connectivity index (χ3n) is 3.24. The average Bonchev–Trinajstić information content (AvgIpc) is 2.32. The van der Waals surface area contributed by atoms with Crippen LogP contribution in [0.25, 0.3) is 0 Å². The second kappa shape index (κ2) is 4.99. The van der Waals surface area contributed by atoms with Crippen LogP contribution in [-0.4, -0.2) is 23.0 Å². The zero-order valence-corrected chi connectivity index (χ0v) is 9.80. The summed E-state index contributed by atoms with van der Waals surface area (Å²) in [6.45, 7) is 0.781. The average molecular weight is 222 g/mol. The maximum absolute atomic E-state index is 5.76. The molecule has 0 saturated carbocycles. The van der Waals surface area contributed by atoms with Gasteiger partial charge in [0, 0.05) is 23.6 Å². The van der Waals surface area contributed by atoms with Crippen LogP contribution in [0.1, 0.15) is 24.8 Å². The van der Waals surface area contributed by atoms with E-state index in [4.69, 9.17) is 5.73 Å². The molecule has 2 heterocycles. The SMILES string of the molecule is NCCC1(c2ccncc2)CCCSC1. The number of pyridine rings is 1. The number of nitrogens with two attached hydrogens (primary N) is 1. The molecule has 0 aliphatic carbocycles. The first kappa shape index (κ1) is 11.0. The Morgan fingerprint density at radius 1 is 1.40 bits per heavy atom. The van der Waals surface area contributed by atoms with E-state index in [0.717, 1.165) is 13.0 Å². The number of aromatic nitrogens is 1. The Morgan fingerprint density at radius 2 is 2.20 bits per heavy atom. The molecule has 2 rings (SSSR count). The van der Waals surface area contributed by atoms with E-state index in [9.17, 15) is 0 Å². The maximum Gasteiger partial charge on any atom is 0.0270 e. The van der Waals surface area contributed by atoms with Gasteiger partial charge in [-0.2, -0.15) is 11.8 Å². The molecule has 15 heavy (non-hydrogen) atoms. The van der Waals surface area contributed by atoms with Gasteiger partial charge >= 0.3 is 0 Å². The third kappa shape index (κ3) is 2.34. The Bertz CT molecular complexity index is 288. The Balaban J connectivity index is 2.25. The molecule has 1 aliphatic rings. The van der Waals surface area contributed by atoms with Gasteiger partial charge in [0.2, 0.25) is 0 Å². The first-order valence-electron chi connectivity index (χ1n) is 5.56. The first-order valence-corrected chi connectivity index (χ1v) is 6.71. The second-order valence-electron chi connectivity index (χ2n) is 4.21. The zero-order valence-electron chi connectivity index (χ0n) is 8.98. The van der Waals surface area contributed by atoms with Crippen molar-refractivity contribution in [2.75, 3.05) is 18.1 Å². The summed E-state index contributed by atoms with van der Waals surface area (Å²) >= 11 is 2.06. The van der Waals surface area contributed by atoms with Crippen molar-refractivity contribution in [3.63, 3.8) is 0 Å². The Hall–Kier alpha value is -0.540. The van der Waals surface area contributed by atoms with Crippen LogP contribution < -0.4 is 5.73 Å². The predicted molar refractivity (Wildman–Crippen MR) is 66.1 cm³/mol. The minimum absolute atomic E-state index is 0.320. The van der Waals surface area contributed by atoms with E-state index >= 15 is 0 Å². The van der Waals surface area contributed by atoms with Crippen molar-refractivity contribution in [3.8, 4) is 0 Å². The molecule has 1 saturated heterocycles. The summed E-state index contributed by atoms with van der Waals surface area (Å²) in [5.41, 5.74) is 7.50. The Labute approximate surface area is 95.7 Å². The fourth-order valence-electron chi connectivity index (χ4n) is 2.40. The fraction of sp³-hybridized carbons (Fsp3) is 0.583. The molecule has 0 radical (unpaired) electrons. The van der Waals surface area contributed by atoms with Crippen molar-refractivity contribution in [1.29, 1.82) is 0 Å². The molecule has 0 amide bonds. The van der Waals surface area contributed by atoms with Crippen molar-refractivity contribution in [2.24, 2.45) is 5.73 Å². The van der Waals surface area contributed by atoms with Gasteiger partial charge in [-0.15, -0.1) is 0 Å². The number of thioether (sulfide) groups is 1. The summed E-state index contributed by atoms with van der Waals surface area (Å²) in [6, 6.07) is 4.31. The summed E-state index contributed by atoms with van der Waals surface area (Å²) in [4.78, 5) is 4.09. The molecule has 1 atom stereocenters. The third-order valence-corrected chi connectivity index (χ3v) is 4.57. The largest absolute Gasteiger partial charge is 0.330 e. The second-order valence-corrected chi connectivity index (χ2v) is 5.32. The Morgan fingerprint density at radius 3 is 2.80 bits per heavy atom. The summed E-state index contributed by atoms with van der Waals surface area (Å²) in [5.74, 6) is 2.52. The molecule has 1 fully saturated rings. The summed E-state index contributed by atoms with van der Waals surface area (Å²) in [5, 5.41) is 0. The van der Waals surface area contributed by atoms with Gasteiger partial charge in [0.25, 0.3) is 0 Å². The van der Waals surface area contributed by atoms with Gasteiger partial charge in [0.15, 0.2) is 0 Å². The normalized spacial score (nSPS) is 26.5. The summed E-state index contributed by atoms with van der Waals surface area (Å²) in [7, 11) is 0. The topological polar surface area (TPSA) is 38.9 Å². The number of nitrogens with zero attached hydrogens (tertiary/aromatic N) is 1. The van der Waals surface area contributed by atoms with E-state index in [-0.39, 0.29) is 0 Å². The predicted octanol–water partition coefficient (Wildman–Crippen LogP) is 2.20. The molecular weight excluding hydrogens is 204 g/mol. The van der Waals surface area contributed by atoms with Crippen molar-refractivity contribution < 1.29 is 0 Å². The molecule has 0 bridgehead atoms. The monoisotopic (exact) mass is 222 g/mol.